The summed E-state index contributed by atoms with van der Waals surface area (Å²) in [5.74, 6) is 0.510. The second-order valence-electron chi connectivity index (χ2n) is 2.71. The highest BCUT2D eigenvalue weighted by Crippen LogP contribution is 2.24. The van der Waals surface area contributed by atoms with E-state index in [9.17, 15) is 0 Å². The lowest BCUT2D eigenvalue weighted by atomic mass is 10.0. The van der Waals surface area contributed by atoms with Crippen molar-refractivity contribution in [3.05, 3.63) is 29.0 Å². The van der Waals surface area contributed by atoms with Crippen LogP contribution in [0.2, 0.25) is 5.02 Å². The zero-order chi connectivity index (χ0) is 8.27. The summed E-state index contributed by atoms with van der Waals surface area (Å²) in [6, 6.07) is 1.84. The Bertz CT molecular complexity index is 235. The second kappa shape index (κ2) is 3.72. The zero-order valence-corrected chi connectivity index (χ0v) is 7.60. The highest BCUT2D eigenvalue weighted by atomic mass is 35.5. The summed E-state index contributed by atoms with van der Waals surface area (Å²) in [6.07, 6.45) is 4.66. The van der Waals surface area contributed by atoms with Crippen LogP contribution in [-0.2, 0) is 0 Å². The molecule has 0 bridgehead atoms. The molecule has 0 saturated carbocycles. The maximum Gasteiger partial charge on any atom is 0.0471 e. The fraction of sp³-hybridized carbons (Fsp3) is 0.444. The van der Waals surface area contributed by atoms with Crippen LogP contribution in [0.15, 0.2) is 18.5 Å². The molecule has 11 heavy (non-hydrogen) atoms. The first kappa shape index (κ1) is 8.54. The largest absolute Gasteiger partial charge is 0.264 e. The summed E-state index contributed by atoms with van der Waals surface area (Å²) in [7, 11) is 0. The normalized spacial score (nSPS) is 13.0. The average molecular weight is 170 g/mol. The molecule has 0 saturated heterocycles. The van der Waals surface area contributed by atoms with Crippen molar-refractivity contribution < 1.29 is 0 Å². The van der Waals surface area contributed by atoms with Crippen LogP contribution in [0.4, 0.5) is 0 Å². The molecule has 0 aliphatic rings. The van der Waals surface area contributed by atoms with Crippen LogP contribution in [0.25, 0.3) is 0 Å². The zero-order valence-electron chi connectivity index (χ0n) is 6.84. The molecule has 60 valence electrons. The van der Waals surface area contributed by atoms with Gasteiger partial charge in [0.2, 0.25) is 0 Å². The molecule has 1 rings (SSSR count). The summed E-state index contributed by atoms with van der Waals surface area (Å²) < 4.78 is 0. The minimum absolute atomic E-state index is 0.510. The highest BCUT2D eigenvalue weighted by Gasteiger charge is 2.06. The van der Waals surface area contributed by atoms with Gasteiger partial charge < -0.3 is 0 Å². The van der Waals surface area contributed by atoms with E-state index in [1.807, 2.05) is 12.3 Å². The molecule has 0 amide bonds. The molecule has 1 unspecified atom stereocenters. The third-order valence-electron chi connectivity index (χ3n) is 1.94. The Hall–Kier alpha value is -0.560. The molecular formula is C9H12ClN. The summed E-state index contributed by atoms with van der Waals surface area (Å²) in [5, 5.41) is 0.828. The van der Waals surface area contributed by atoms with Gasteiger partial charge in [0.25, 0.3) is 0 Å². The first-order valence-corrected chi connectivity index (χ1v) is 4.23. The van der Waals surface area contributed by atoms with Crippen LogP contribution >= 0.6 is 11.6 Å². The predicted octanol–water partition coefficient (Wildman–Crippen LogP) is 3.25. The van der Waals surface area contributed by atoms with E-state index in [-0.39, 0.29) is 0 Å². The van der Waals surface area contributed by atoms with Crippen molar-refractivity contribution in [3.63, 3.8) is 0 Å². The van der Waals surface area contributed by atoms with E-state index in [2.05, 4.69) is 18.8 Å². The molecule has 0 aliphatic heterocycles. The number of halogens is 1. The number of nitrogens with zero attached hydrogens (tertiary/aromatic N) is 1. The summed E-state index contributed by atoms with van der Waals surface area (Å²) in [6.45, 7) is 4.30. The highest BCUT2D eigenvalue weighted by molar-refractivity contribution is 6.31. The Balaban J connectivity index is 2.93. The summed E-state index contributed by atoms with van der Waals surface area (Å²) >= 11 is 5.96. The maximum atomic E-state index is 5.96. The number of rotatable bonds is 2. The van der Waals surface area contributed by atoms with Crippen molar-refractivity contribution in [3.8, 4) is 0 Å². The minimum atomic E-state index is 0.510. The molecular weight excluding hydrogens is 158 g/mol. The van der Waals surface area contributed by atoms with E-state index in [0.29, 0.717) is 5.92 Å². The van der Waals surface area contributed by atoms with Gasteiger partial charge in [0.1, 0.15) is 0 Å². The van der Waals surface area contributed by atoms with Gasteiger partial charge >= 0.3 is 0 Å². The van der Waals surface area contributed by atoms with Gasteiger partial charge in [-0.25, -0.2) is 0 Å². The fourth-order valence-corrected chi connectivity index (χ4v) is 1.26. The fourth-order valence-electron chi connectivity index (χ4n) is 0.972. The van der Waals surface area contributed by atoms with Crippen molar-refractivity contribution in [2.45, 2.75) is 26.2 Å². The van der Waals surface area contributed by atoms with E-state index < -0.39 is 0 Å². The van der Waals surface area contributed by atoms with Crippen molar-refractivity contribution in [2.24, 2.45) is 0 Å². The number of aromatic nitrogens is 1. The van der Waals surface area contributed by atoms with Crippen molar-refractivity contribution in [1.29, 1.82) is 0 Å². The SMILES string of the molecule is CCC(C)c1cnccc1Cl. The van der Waals surface area contributed by atoms with Gasteiger partial charge in [-0.1, -0.05) is 25.4 Å². The van der Waals surface area contributed by atoms with Gasteiger partial charge in [-0.15, -0.1) is 0 Å². The van der Waals surface area contributed by atoms with Gasteiger partial charge in [0.15, 0.2) is 0 Å². The van der Waals surface area contributed by atoms with Crippen molar-refractivity contribution in [2.75, 3.05) is 0 Å². The first-order chi connectivity index (χ1) is 5.25. The van der Waals surface area contributed by atoms with Crippen LogP contribution in [-0.4, -0.2) is 4.98 Å². The Labute approximate surface area is 72.4 Å². The molecule has 0 spiro atoms. The lowest BCUT2D eigenvalue weighted by Crippen LogP contribution is -1.92. The van der Waals surface area contributed by atoms with Crippen molar-refractivity contribution in [1.82, 2.24) is 4.98 Å². The van der Waals surface area contributed by atoms with E-state index >= 15 is 0 Å². The molecule has 0 N–H and O–H groups in total. The Morgan fingerprint density at radius 2 is 2.36 bits per heavy atom. The monoisotopic (exact) mass is 169 g/mol. The quantitative estimate of drug-likeness (QED) is 0.663. The number of hydrogen-bond acceptors (Lipinski definition) is 1. The Morgan fingerprint density at radius 3 is 2.91 bits per heavy atom. The maximum absolute atomic E-state index is 5.96. The molecule has 2 heteroatoms. The van der Waals surface area contributed by atoms with Crippen molar-refractivity contribution >= 4 is 11.6 Å². The third kappa shape index (κ3) is 1.93. The van der Waals surface area contributed by atoms with Gasteiger partial charge in [-0.2, -0.15) is 0 Å². The third-order valence-corrected chi connectivity index (χ3v) is 2.28. The standard InChI is InChI=1S/C9H12ClN/c1-3-7(2)8-6-11-5-4-9(8)10/h4-7H,3H2,1-2H3. The average Bonchev–Trinajstić information content (AvgIpc) is 2.04. The van der Waals surface area contributed by atoms with Crippen LogP contribution in [0.1, 0.15) is 31.7 Å². The van der Waals surface area contributed by atoms with Gasteiger partial charge in [-0.05, 0) is 24.0 Å². The second-order valence-corrected chi connectivity index (χ2v) is 3.11. The summed E-state index contributed by atoms with van der Waals surface area (Å²) in [4.78, 5) is 4.03. The van der Waals surface area contributed by atoms with Gasteiger partial charge in [-0.3, -0.25) is 4.98 Å². The molecule has 1 atom stereocenters. The van der Waals surface area contributed by atoms with Crippen LogP contribution in [0.5, 0.6) is 0 Å². The molecule has 0 radical (unpaired) electrons. The molecule has 1 aromatic heterocycles. The lowest BCUT2D eigenvalue weighted by molar-refractivity contribution is 0.730. The minimum Gasteiger partial charge on any atom is -0.264 e. The van der Waals surface area contributed by atoms with E-state index in [1.165, 1.54) is 0 Å². The van der Waals surface area contributed by atoms with Crippen LogP contribution in [0.3, 0.4) is 0 Å². The molecule has 1 heterocycles. The Kier molecular flexibility index (Phi) is 2.89. The van der Waals surface area contributed by atoms with E-state index in [1.54, 1.807) is 6.20 Å². The summed E-state index contributed by atoms with van der Waals surface area (Å²) in [5.41, 5.74) is 1.15. The van der Waals surface area contributed by atoms with Crippen LogP contribution in [0, 0.1) is 0 Å². The van der Waals surface area contributed by atoms with E-state index in [0.717, 1.165) is 17.0 Å². The molecule has 0 aromatic carbocycles. The number of hydrogen-bond donors (Lipinski definition) is 0. The van der Waals surface area contributed by atoms with E-state index in [4.69, 9.17) is 11.6 Å². The topological polar surface area (TPSA) is 12.9 Å². The molecule has 1 aromatic rings. The van der Waals surface area contributed by atoms with Gasteiger partial charge in [0.05, 0.1) is 0 Å². The number of pyridine rings is 1. The molecule has 0 aliphatic carbocycles. The first-order valence-electron chi connectivity index (χ1n) is 3.85. The molecule has 1 nitrogen and oxygen atoms in total. The lowest BCUT2D eigenvalue weighted by Gasteiger charge is -2.08. The van der Waals surface area contributed by atoms with Crippen LogP contribution < -0.4 is 0 Å². The Morgan fingerprint density at radius 1 is 1.64 bits per heavy atom. The van der Waals surface area contributed by atoms with Gasteiger partial charge in [0, 0.05) is 17.4 Å². The smallest absolute Gasteiger partial charge is 0.0471 e. The molecule has 0 fully saturated rings. The predicted molar refractivity (Wildman–Crippen MR) is 48.0 cm³/mol.